The van der Waals surface area contributed by atoms with E-state index in [-0.39, 0.29) is 6.10 Å². The average Bonchev–Trinajstić information content (AvgIpc) is 2.75. The number of halogens is 1. The van der Waals surface area contributed by atoms with Crippen LogP contribution in [0.5, 0.6) is 0 Å². The predicted molar refractivity (Wildman–Crippen MR) is 71.5 cm³/mol. The molecule has 94 valence electrons. The van der Waals surface area contributed by atoms with Crippen LogP contribution in [0.25, 0.3) is 0 Å². The monoisotopic (exact) mass is 300 g/mol. The lowest BCUT2D eigenvalue weighted by molar-refractivity contribution is 0.118. The Hall–Kier alpha value is -0.880. The lowest BCUT2D eigenvalue weighted by Gasteiger charge is -2.28. The summed E-state index contributed by atoms with van der Waals surface area (Å²) in [5.41, 5.74) is 0. The number of rotatable bonds is 3. The molecule has 1 saturated heterocycles. The Bertz CT molecular complexity index is 401. The summed E-state index contributed by atoms with van der Waals surface area (Å²) in [6, 6.07) is 0.367. The van der Waals surface area contributed by atoms with Crippen molar-refractivity contribution < 1.29 is 4.74 Å². The number of nitrogens with one attached hydrogen (secondary N) is 1. The van der Waals surface area contributed by atoms with Gasteiger partial charge in [-0.15, -0.1) is 0 Å². The van der Waals surface area contributed by atoms with Gasteiger partial charge in [0.2, 0.25) is 0 Å². The van der Waals surface area contributed by atoms with Crippen LogP contribution in [0.2, 0.25) is 0 Å². The van der Waals surface area contributed by atoms with Gasteiger partial charge in [0.15, 0.2) is 0 Å². The standard InChI is InChI=1S/C11H17BrN4O/c1-7-8(4-5-17-7)16(3)11-9(12)10(13-2)14-6-15-11/h6-8H,4-5H2,1-3H3,(H,13,14,15). The van der Waals surface area contributed by atoms with Crippen LogP contribution in [0.15, 0.2) is 10.8 Å². The molecule has 2 unspecified atom stereocenters. The van der Waals surface area contributed by atoms with Gasteiger partial charge in [-0.1, -0.05) is 0 Å². The molecule has 0 radical (unpaired) electrons. The second kappa shape index (κ2) is 5.18. The smallest absolute Gasteiger partial charge is 0.148 e. The number of likely N-dealkylation sites (N-methyl/N-ethyl adjacent to an activating group) is 1. The number of hydrogen-bond acceptors (Lipinski definition) is 5. The number of ether oxygens (including phenoxy) is 1. The topological polar surface area (TPSA) is 50.3 Å². The molecule has 1 aliphatic rings. The second-order valence-electron chi connectivity index (χ2n) is 4.15. The number of hydrogen-bond donors (Lipinski definition) is 1. The molecular formula is C11H17BrN4O. The zero-order chi connectivity index (χ0) is 12.4. The van der Waals surface area contributed by atoms with Crippen molar-refractivity contribution in [3.63, 3.8) is 0 Å². The van der Waals surface area contributed by atoms with Crippen LogP contribution >= 0.6 is 15.9 Å². The Labute approximate surface area is 110 Å². The van der Waals surface area contributed by atoms with Crippen molar-refractivity contribution in [2.75, 3.05) is 30.9 Å². The molecule has 2 rings (SSSR count). The van der Waals surface area contributed by atoms with E-state index in [1.165, 1.54) is 0 Å². The molecule has 1 aromatic heterocycles. The minimum atomic E-state index is 0.236. The highest BCUT2D eigenvalue weighted by Crippen LogP contribution is 2.32. The first-order valence-corrected chi connectivity index (χ1v) is 6.47. The van der Waals surface area contributed by atoms with Gasteiger partial charge < -0.3 is 15.0 Å². The molecule has 1 aliphatic heterocycles. The summed E-state index contributed by atoms with van der Waals surface area (Å²) in [6.45, 7) is 2.92. The summed E-state index contributed by atoms with van der Waals surface area (Å²) in [5.74, 6) is 1.69. The summed E-state index contributed by atoms with van der Waals surface area (Å²) in [4.78, 5) is 10.7. The zero-order valence-corrected chi connectivity index (χ0v) is 11.9. The summed E-state index contributed by atoms with van der Waals surface area (Å²) < 4.78 is 6.48. The molecule has 1 fully saturated rings. The number of aromatic nitrogens is 2. The molecule has 6 heteroatoms. The third-order valence-corrected chi connectivity index (χ3v) is 3.91. The van der Waals surface area contributed by atoms with Crippen molar-refractivity contribution in [3.8, 4) is 0 Å². The first-order chi connectivity index (χ1) is 8.15. The maximum atomic E-state index is 5.59. The van der Waals surface area contributed by atoms with E-state index in [9.17, 15) is 0 Å². The van der Waals surface area contributed by atoms with E-state index < -0.39 is 0 Å². The lowest BCUT2D eigenvalue weighted by atomic mass is 10.1. The van der Waals surface area contributed by atoms with Gasteiger partial charge in [-0.05, 0) is 29.3 Å². The molecule has 0 aliphatic carbocycles. The fraction of sp³-hybridized carbons (Fsp3) is 0.636. The van der Waals surface area contributed by atoms with Gasteiger partial charge in [-0.3, -0.25) is 0 Å². The molecule has 0 spiro atoms. The van der Waals surface area contributed by atoms with Crippen molar-refractivity contribution in [2.24, 2.45) is 0 Å². The summed E-state index contributed by atoms with van der Waals surface area (Å²) in [7, 11) is 3.89. The molecule has 0 bridgehead atoms. The lowest BCUT2D eigenvalue weighted by Crippen LogP contribution is -2.37. The third kappa shape index (κ3) is 2.37. The van der Waals surface area contributed by atoms with Gasteiger partial charge >= 0.3 is 0 Å². The van der Waals surface area contributed by atoms with E-state index in [4.69, 9.17) is 4.74 Å². The molecule has 0 aromatic carbocycles. The summed E-state index contributed by atoms with van der Waals surface area (Å²) in [5, 5.41) is 3.04. The van der Waals surface area contributed by atoms with Crippen LogP contribution in [-0.4, -0.2) is 42.8 Å². The van der Waals surface area contributed by atoms with E-state index in [2.05, 4.69) is 43.0 Å². The van der Waals surface area contributed by atoms with Gasteiger partial charge in [0.1, 0.15) is 22.4 Å². The maximum Gasteiger partial charge on any atom is 0.148 e. The molecule has 1 aromatic rings. The SMILES string of the molecule is CNc1ncnc(N(C)C2CCOC2C)c1Br. The van der Waals surface area contributed by atoms with Crippen LogP contribution in [0.1, 0.15) is 13.3 Å². The Morgan fingerprint density at radius 3 is 2.88 bits per heavy atom. The van der Waals surface area contributed by atoms with E-state index >= 15 is 0 Å². The predicted octanol–water partition coefficient (Wildman–Crippen LogP) is 1.89. The van der Waals surface area contributed by atoms with Crippen molar-refractivity contribution in [2.45, 2.75) is 25.5 Å². The second-order valence-corrected chi connectivity index (χ2v) is 4.95. The molecule has 0 saturated carbocycles. The Morgan fingerprint density at radius 2 is 2.29 bits per heavy atom. The molecule has 17 heavy (non-hydrogen) atoms. The van der Waals surface area contributed by atoms with Crippen LogP contribution in [0, 0.1) is 0 Å². The Balaban J connectivity index is 2.27. The molecule has 2 heterocycles. The fourth-order valence-corrected chi connectivity index (χ4v) is 2.85. The fourth-order valence-electron chi connectivity index (χ4n) is 2.17. The molecule has 2 atom stereocenters. The quantitative estimate of drug-likeness (QED) is 0.924. The highest BCUT2D eigenvalue weighted by atomic mass is 79.9. The van der Waals surface area contributed by atoms with Crippen LogP contribution in [0.4, 0.5) is 11.6 Å². The van der Waals surface area contributed by atoms with E-state index in [1.54, 1.807) is 6.33 Å². The summed E-state index contributed by atoms with van der Waals surface area (Å²) in [6.07, 6.45) is 2.84. The van der Waals surface area contributed by atoms with Crippen LogP contribution < -0.4 is 10.2 Å². The largest absolute Gasteiger partial charge is 0.376 e. The normalized spacial score (nSPS) is 23.8. The minimum absolute atomic E-state index is 0.236. The highest BCUT2D eigenvalue weighted by molar-refractivity contribution is 9.10. The van der Waals surface area contributed by atoms with Gasteiger partial charge in [0, 0.05) is 20.7 Å². The van der Waals surface area contributed by atoms with Crippen molar-refractivity contribution in [1.29, 1.82) is 0 Å². The zero-order valence-electron chi connectivity index (χ0n) is 10.3. The van der Waals surface area contributed by atoms with E-state index in [1.807, 2.05) is 14.1 Å². The first-order valence-electron chi connectivity index (χ1n) is 5.67. The molecular weight excluding hydrogens is 284 g/mol. The minimum Gasteiger partial charge on any atom is -0.376 e. The van der Waals surface area contributed by atoms with E-state index in [0.717, 1.165) is 29.1 Å². The average molecular weight is 301 g/mol. The molecule has 5 nitrogen and oxygen atoms in total. The first kappa shape index (κ1) is 12.6. The van der Waals surface area contributed by atoms with Gasteiger partial charge in [-0.2, -0.15) is 0 Å². The third-order valence-electron chi connectivity index (χ3n) is 3.18. The van der Waals surface area contributed by atoms with Crippen LogP contribution in [0.3, 0.4) is 0 Å². The molecule has 0 amide bonds. The molecule has 1 N–H and O–H groups in total. The Morgan fingerprint density at radius 1 is 1.53 bits per heavy atom. The van der Waals surface area contributed by atoms with Gasteiger partial charge in [-0.25, -0.2) is 9.97 Å². The van der Waals surface area contributed by atoms with E-state index in [0.29, 0.717) is 6.04 Å². The van der Waals surface area contributed by atoms with Crippen molar-refractivity contribution in [1.82, 2.24) is 9.97 Å². The maximum absolute atomic E-state index is 5.59. The van der Waals surface area contributed by atoms with Crippen molar-refractivity contribution in [3.05, 3.63) is 10.8 Å². The van der Waals surface area contributed by atoms with Crippen LogP contribution in [-0.2, 0) is 4.74 Å². The number of nitrogens with zero attached hydrogens (tertiary/aromatic N) is 3. The van der Waals surface area contributed by atoms with Gasteiger partial charge in [0.25, 0.3) is 0 Å². The number of anilines is 2. The Kier molecular flexibility index (Phi) is 3.83. The van der Waals surface area contributed by atoms with Crippen molar-refractivity contribution >= 4 is 27.6 Å². The highest BCUT2D eigenvalue weighted by Gasteiger charge is 2.30. The van der Waals surface area contributed by atoms with Gasteiger partial charge in [0.05, 0.1) is 12.1 Å². The summed E-state index contributed by atoms with van der Waals surface area (Å²) >= 11 is 3.54.